The lowest BCUT2D eigenvalue weighted by Crippen LogP contribution is -2.35. The smallest absolute Gasteiger partial charge is 0.241 e. The van der Waals surface area contributed by atoms with E-state index in [1.807, 2.05) is 20.8 Å². The number of aromatic nitrogens is 1. The topological polar surface area (TPSA) is 66.6 Å². The van der Waals surface area contributed by atoms with E-state index in [1.165, 1.54) is 0 Å². The minimum absolute atomic E-state index is 0.113. The number of pyridine rings is 1. The summed E-state index contributed by atoms with van der Waals surface area (Å²) in [5.41, 5.74) is 6.08. The van der Waals surface area contributed by atoms with Crippen LogP contribution in [0.2, 0.25) is 0 Å². The fourth-order valence-electron chi connectivity index (χ4n) is 2.48. The number of hydrogen-bond donors (Lipinski definition) is 1. The minimum Gasteiger partial charge on any atom is -0.474 e. The van der Waals surface area contributed by atoms with Gasteiger partial charge in [0.1, 0.15) is 11.7 Å². The van der Waals surface area contributed by atoms with Crippen LogP contribution in [0.5, 0.6) is 11.8 Å². The highest BCUT2D eigenvalue weighted by atomic mass is 16.5. The summed E-state index contributed by atoms with van der Waals surface area (Å²) in [7, 11) is 0. The summed E-state index contributed by atoms with van der Waals surface area (Å²) in [6, 6.07) is 3.56. The van der Waals surface area contributed by atoms with E-state index in [-0.39, 0.29) is 23.9 Å². The van der Waals surface area contributed by atoms with Gasteiger partial charge in [-0.15, -0.1) is 0 Å². The Balaban J connectivity index is 2.08. The molecule has 2 rings (SSSR count). The van der Waals surface area contributed by atoms with Crippen LogP contribution in [0, 0.1) is 0 Å². The highest BCUT2D eigenvalue weighted by molar-refractivity contribution is 5.49. The second-order valence-electron chi connectivity index (χ2n) is 6.73. The Bertz CT molecular complexity index is 475. The molecule has 1 aliphatic rings. The van der Waals surface area contributed by atoms with Crippen LogP contribution >= 0.6 is 0 Å². The summed E-state index contributed by atoms with van der Waals surface area (Å²) >= 11 is 0. The van der Waals surface area contributed by atoms with Crippen molar-refractivity contribution < 1.29 is 14.2 Å². The molecule has 1 aromatic rings. The average molecular weight is 294 g/mol. The Hall–Kier alpha value is -1.49. The summed E-state index contributed by atoms with van der Waals surface area (Å²) in [6.07, 6.45) is 2.26. The van der Waals surface area contributed by atoms with Gasteiger partial charge in [0.25, 0.3) is 0 Å². The maximum Gasteiger partial charge on any atom is 0.241 e. The number of ether oxygens (including phenoxy) is 3. The zero-order chi connectivity index (χ0) is 15.6. The lowest BCUT2D eigenvalue weighted by atomic mass is 10.0. The molecule has 0 spiro atoms. The zero-order valence-electron chi connectivity index (χ0n) is 13.6. The van der Waals surface area contributed by atoms with E-state index in [4.69, 9.17) is 19.9 Å². The van der Waals surface area contributed by atoms with Crippen LogP contribution in [-0.2, 0) is 4.74 Å². The molecule has 0 aliphatic carbocycles. The molecule has 0 amide bonds. The molecule has 1 fully saturated rings. The number of hydrogen-bond acceptors (Lipinski definition) is 5. The van der Waals surface area contributed by atoms with Gasteiger partial charge in [0, 0.05) is 18.9 Å². The molecule has 0 bridgehead atoms. The molecule has 118 valence electrons. The Morgan fingerprint density at radius 1 is 1.19 bits per heavy atom. The van der Waals surface area contributed by atoms with Crippen molar-refractivity contribution in [1.29, 1.82) is 0 Å². The van der Waals surface area contributed by atoms with E-state index >= 15 is 0 Å². The van der Waals surface area contributed by atoms with Crippen LogP contribution in [0.4, 0.5) is 5.69 Å². The van der Waals surface area contributed by atoms with Crippen LogP contribution in [0.15, 0.2) is 12.1 Å². The summed E-state index contributed by atoms with van der Waals surface area (Å²) in [6.45, 7) is 10.0. The van der Waals surface area contributed by atoms with E-state index < -0.39 is 0 Å². The SMILES string of the molecule is CC1CC(Oc2ccc(N)c(OC(C)(C)C)n2)CC(C)O1. The van der Waals surface area contributed by atoms with Gasteiger partial charge in [0.15, 0.2) is 0 Å². The normalized spacial score (nSPS) is 26.4. The number of anilines is 1. The molecule has 1 saturated heterocycles. The van der Waals surface area contributed by atoms with Gasteiger partial charge in [-0.2, -0.15) is 4.98 Å². The van der Waals surface area contributed by atoms with Gasteiger partial charge in [-0.1, -0.05) is 0 Å². The molecule has 0 aromatic carbocycles. The molecule has 2 atom stereocenters. The van der Waals surface area contributed by atoms with Gasteiger partial charge >= 0.3 is 0 Å². The summed E-state index contributed by atoms with van der Waals surface area (Å²) in [5, 5.41) is 0. The predicted octanol–water partition coefficient (Wildman–Crippen LogP) is 3.18. The van der Waals surface area contributed by atoms with Gasteiger partial charge in [-0.05, 0) is 40.7 Å². The van der Waals surface area contributed by atoms with Crippen LogP contribution in [-0.4, -0.2) is 28.9 Å². The summed E-state index contributed by atoms with van der Waals surface area (Å²) in [4.78, 5) is 4.39. The molecule has 1 aliphatic heterocycles. The summed E-state index contributed by atoms with van der Waals surface area (Å²) < 4.78 is 17.5. The lowest BCUT2D eigenvalue weighted by Gasteiger charge is -2.32. The third-order valence-electron chi connectivity index (χ3n) is 3.21. The Kier molecular flexibility index (Phi) is 4.61. The Morgan fingerprint density at radius 2 is 1.81 bits per heavy atom. The van der Waals surface area contributed by atoms with Gasteiger partial charge in [0.2, 0.25) is 11.8 Å². The largest absolute Gasteiger partial charge is 0.474 e. The van der Waals surface area contributed by atoms with Gasteiger partial charge in [0.05, 0.1) is 17.9 Å². The fourth-order valence-corrected chi connectivity index (χ4v) is 2.48. The molecule has 2 unspecified atom stereocenters. The first-order chi connectivity index (χ1) is 9.73. The molecule has 1 aromatic heterocycles. The predicted molar refractivity (Wildman–Crippen MR) is 82.7 cm³/mol. The van der Waals surface area contributed by atoms with E-state index in [0.29, 0.717) is 17.4 Å². The van der Waals surface area contributed by atoms with Crippen molar-refractivity contribution >= 4 is 5.69 Å². The number of nitrogens with zero attached hydrogens (tertiary/aromatic N) is 1. The van der Waals surface area contributed by atoms with Gasteiger partial charge < -0.3 is 19.9 Å². The first-order valence-corrected chi connectivity index (χ1v) is 7.50. The maximum absolute atomic E-state index is 5.98. The summed E-state index contributed by atoms with van der Waals surface area (Å²) in [5.74, 6) is 0.975. The third kappa shape index (κ3) is 4.77. The quantitative estimate of drug-likeness (QED) is 0.927. The average Bonchev–Trinajstić information content (AvgIpc) is 2.30. The minimum atomic E-state index is -0.346. The van der Waals surface area contributed by atoms with Crippen LogP contribution < -0.4 is 15.2 Å². The third-order valence-corrected chi connectivity index (χ3v) is 3.21. The Morgan fingerprint density at radius 3 is 2.38 bits per heavy atom. The van der Waals surface area contributed by atoms with E-state index in [1.54, 1.807) is 12.1 Å². The van der Waals surface area contributed by atoms with Crippen LogP contribution in [0.1, 0.15) is 47.5 Å². The van der Waals surface area contributed by atoms with Crippen molar-refractivity contribution in [1.82, 2.24) is 4.98 Å². The molecule has 21 heavy (non-hydrogen) atoms. The van der Waals surface area contributed by atoms with Gasteiger partial charge in [-0.3, -0.25) is 0 Å². The number of rotatable bonds is 3. The number of nitrogen functional groups attached to an aromatic ring is 1. The van der Waals surface area contributed by atoms with Crippen molar-refractivity contribution in [2.45, 2.75) is 71.4 Å². The fraction of sp³-hybridized carbons (Fsp3) is 0.688. The first-order valence-electron chi connectivity index (χ1n) is 7.50. The standard InChI is InChI=1S/C16H26N2O3/c1-10-8-12(9-11(2)19-10)20-14-7-6-13(17)15(18-14)21-16(3,4)5/h6-7,10-12H,8-9,17H2,1-5H3. The van der Waals surface area contributed by atoms with Crippen LogP contribution in [0.3, 0.4) is 0 Å². The highest BCUT2D eigenvalue weighted by Crippen LogP contribution is 2.28. The highest BCUT2D eigenvalue weighted by Gasteiger charge is 2.26. The van der Waals surface area contributed by atoms with Gasteiger partial charge in [-0.25, -0.2) is 0 Å². The monoisotopic (exact) mass is 294 g/mol. The molecular formula is C16H26N2O3. The molecule has 2 heterocycles. The van der Waals surface area contributed by atoms with Crippen molar-refractivity contribution in [3.63, 3.8) is 0 Å². The van der Waals surface area contributed by atoms with Crippen molar-refractivity contribution in [3.8, 4) is 11.8 Å². The number of nitrogens with two attached hydrogens (primary N) is 1. The zero-order valence-corrected chi connectivity index (χ0v) is 13.6. The molecule has 0 saturated carbocycles. The second kappa shape index (κ2) is 6.10. The molecule has 5 nitrogen and oxygen atoms in total. The first kappa shape index (κ1) is 15.9. The molecule has 2 N–H and O–H groups in total. The molecular weight excluding hydrogens is 268 g/mol. The maximum atomic E-state index is 5.98. The van der Waals surface area contributed by atoms with Crippen LogP contribution in [0.25, 0.3) is 0 Å². The Labute approximate surface area is 126 Å². The molecule has 5 heteroatoms. The lowest BCUT2D eigenvalue weighted by molar-refractivity contribution is -0.0730. The van der Waals surface area contributed by atoms with Crippen molar-refractivity contribution in [2.24, 2.45) is 0 Å². The van der Waals surface area contributed by atoms with Crippen molar-refractivity contribution in [2.75, 3.05) is 5.73 Å². The molecule has 0 radical (unpaired) electrons. The van der Waals surface area contributed by atoms with E-state index in [9.17, 15) is 0 Å². The van der Waals surface area contributed by atoms with Crippen molar-refractivity contribution in [3.05, 3.63) is 12.1 Å². The van der Waals surface area contributed by atoms with E-state index in [2.05, 4.69) is 18.8 Å². The second-order valence-corrected chi connectivity index (χ2v) is 6.73. The van der Waals surface area contributed by atoms with E-state index in [0.717, 1.165) is 12.8 Å².